The summed E-state index contributed by atoms with van der Waals surface area (Å²) in [6, 6.07) is 8.91. The molecule has 0 saturated heterocycles. The van der Waals surface area contributed by atoms with Gasteiger partial charge >= 0.3 is 5.97 Å². The molecule has 0 radical (unpaired) electrons. The van der Waals surface area contributed by atoms with Crippen LogP contribution in [0.5, 0.6) is 0 Å². The summed E-state index contributed by atoms with van der Waals surface area (Å²) in [6.07, 6.45) is 0.0157. The van der Waals surface area contributed by atoms with Crippen LogP contribution in [-0.2, 0) is 9.63 Å². The van der Waals surface area contributed by atoms with Crippen molar-refractivity contribution in [2.45, 2.75) is 12.8 Å². The zero-order chi connectivity index (χ0) is 21.0. The molecule has 2 rings (SSSR count). The second kappa shape index (κ2) is 8.64. The zero-order valence-corrected chi connectivity index (χ0v) is 14.6. The second-order valence-corrected chi connectivity index (χ2v) is 5.68. The smallest absolute Gasteiger partial charge is 0.333 e. The van der Waals surface area contributed by atoms with Crippen LogP contribution in [0.25, 0.3) is 5.57 Å². The number of allylic oxidation sites excluding steroid dienone is 1. The van der Waals surface area contributed by atoms with Crippen molar-refractivity contribution in [2.24, 2.45) is 0 Å². The van der Waals surface area contributed by atoms with Crippen molar-refractivity contribution in [3.05, 3.63) is 77.1 Å². The van der Waals surface area contributed by atoms with E-state index in [0.29, 0.717) is 10.6 Å². The van der Waals surface area contributed by atoms with Crippen LogP contribution in [0.1, 0.15) is 28.8 Å². The molecule has 0 atom stereocenters. The van der Waals surface area contributed by atoms with E-state index in [1.54, 1.807) is 30.3 Å². The lowest BCUT2D eigenvalue weighted by atomic mass is 10.0. The van der Waals surface area contributed by atoms with E-state index in [9.17, 15) is 31.5 Å². The first-order chi connectivity index (χ1) is 13.1. The molecule has 0 N–H and O–H groups in total. The second-order valence-electron chi connectivity index (χ2n) is 5.68. The van der Waals surface area contributed by atoms with E-state index in [2.05, 4.69) is 11.4 Å². The average molecular weight is 399 g/mol. The van der Waals surface area contributed by atoms with Crippen molar-refractivity contribution in [3.63, 3.8) is 0 Å². The standard InChI is InChI=1S/C19H14F5NO3/c1-10(11-6-4-3-5-7-11)8-9-12(26)25(2)28-19(27)13-14(20)16(22)18(24)17(23)15(13)21/h3-7H,1,8-9H2,2H3. The minimum Gasteiger partial charge on any atom is -0.333 e. The molecule has 0 aliphatic rings. The first-order valence-corrected chi connectivity index (χ1v) is 7.88. The number of nitrogens with zero attached hydrogens (tertiary/aromatic N) is 1. The fourth-order valence-electron chi connectivity index (χ4n) is 2.24. The number of halogens is 5. The van der Waals surface area contributed by atoms with Crippen LogP contribution >= 0.6 is 0 Å². The predicted octanol–water partition coefficient (Wildman–Crippen LogP) is 4.41. The molecule has 0 aliphatic carbocycles. The summed E-state index contributed by atoms with van der Waals surface area (Å²) in [7, 11) is 0.970. The Morgan fingerprint density at radius 2 is 1.39 bits per heavy atom. The van der Waals surface area contributed by atoms with Gasteiger partial charge in [0.05, 0.1) is 0 Å². The zero-order valence-electron chi connectivity index (χ0n) is 14.6. The van der Waals surface area contributed by atoms with Gasteiger partial charge in [0, 0.05) is 13.5 Å². The van der Waals surface area contributed by atoms with E-state index >= 15 is 0 Å². The fraction of sp³-hybridized carbons (Fsp3) is 0.158. The molecule has 2 aromatic rings. The molecule has 9 heteroatoms. The number of amides is 1. The van der Waals surface area contributed by atoms with E-state index in [0.717, 1.165) is 12.6 Å². The van der Waals surface area contributed by atoms with Crippen molar-refractivity contribution < 1.29 is 36.4 Å². The fourth-order valence-corrected chi connectivity index (χ4v) is 2.24. The Bertz CT molecular complexity index is 902. The molecule has 2 aromatic carbocycles. The number of hydroxylamine groups is 2. The Kier molecular flexibility index (Phi) is 6.50. The van der Waals surface area contributed by atoms with E-state index in [4.69, 9.17) is 0 Å². The highest BCUT2D eigenvalue weighted by atomic mass is 19.2. The van der Waals surface area contributed by atoms with Crippen LogP contribution in [0.15, 0.2) is 36.9 Å². The van der Waals surface area contributed by atoms with Gasteiger partial charge in [0.1, 0.15) is 5.56 Å². The molecule has 0 spiro atoms. The van der Waals surface area contributed by atoms with Crippen molar-refractivity contribution in [2.75, 3.05) is 7.05 Å². The van der Waals surface area contributed by atoms with Crippen LogP contribution in [0, 0.1) is 29.1 Å². The minimum absolute atomic E-state index is 0.172. The number of carbonyl (C=O) groups excluding carboxylic acids is 2. The normalized spacial score (nSPS) is 10.5. The van der Waals surface area contributed by atoms with Crippen molar-refractivity contribution in [3.8, 4) is 0 Å². The lowest BCUT2D eigenvalue weighted by Crippen LogP contribution is -2.31. The van der Waals surface area contributed by atoms with Gasteiger partial charge in [0.25, 0.3) is 5.91 Å². The number of hydrogen-bond acceptors (Lipinski definition) is 3. The molecule has 0 fully saturated rings. The van der Waals surface area contributed by atoms with Gasteiger partial charge in [0.15, 0.2) is 23.3 Å². The van der Waals surface area contributed by atoms with Gasteiger partial charge in [-0.3, -0.25) is 4.79 Å². The maximum absolute atomic E-state index is 13.6. The highest BCUT2D eigenvalue weighted by Crippen LogP contribution is 2.24. The molecule has 0 bridgehead atoms. The molecule has 0 unspecified atom stereocenters. The van der Waals surface area contributed by atoms with E-state index in [-0.39, 0.29) is 12.8 Å². The Morgan fingerprint density at radius 3 is 1.93 bits per heavy atom. The van der Waals surface area contributed by atoms with Crippen LogP contribution in [0.4, 0.5) is 22.0 Å². The third-order valence-electron chi connectivity index (χ3n) is 3.81. The number of benzene rings is 2. The predicted molar refractivity (Wildman–Crippen MR) is 89.1 cm³/mol. The van der Waals surface area contributed by atoms with Gasteiger partial charge < -0.3 is 4.84 Å². The summed E-state index contributed by atoms with van der Waals surface area (Å²) in [4.78, 5) is 28.2. The first-order valence-electron chi connectivity index (χ1n) is 7.88. The summed E-state index contributed by atoms with van der Waals surface area (Å²) in [6.45, 7) is 3.82. The summed E-state index contributed by atoms with van der Waals surface area (Å²) >= 11 is 0. The van der Waals surface area contributed by atoms with E-state index < -0.39 is 46.5 Å². The monoisotopic (exact) mass is 399 g/mol. The number of rotatable bonds is 5. The average Bonchev–Trinajstić information content (AvgIpc) is 2.69. The summed E-state index contributed by atoms with van der Waals surface area (Å²) in [5.41, 5.74) is -0.380. The van der Waals surface area contributed by atoms with Crippen molar-refractivity contribution in [1.29, 1.82) is 0 Å². The van der Waals surface area contributed by atoms with Gasteiger partial charge in [0.2, 0.25) is 5.82 Å². The van der Waals surface area contributed by atoms with Gasteiger partial charge in [-0.05, 0) is 17.6 Å². The SMILES string of the molecule is C=C(CCC(=O)N(C)OC(=O)c1c(F)c(F)c(F)c(F)c1F)c1ccccc1. The van der Waals surface area contributed by atoms with Crippen LogP contribution in [0.3, 0.4) is 0 Å². The summed E-state index contributed by atoms with van der Waals surface area (Å²) < 4.78 is 66.6. The molecule has 148 valence electrons. The molecule has 0 saturated carbocycles. The quantitative estimate of drug-likeness (QED) is 0.324. The van der Waals surface area contributed by atoms with E-state index in [1.807, 2.05) is 0 Å². The van der Waals surface area contributed by atoms with Crippen molar-refractivity contribution >= 4 is 17.4 Å². The maximum atomic E-state index is 13.6. The van der Waals surface area contributed by atoms with Gasteiger partial charge in [-0.25, -0.2) is 26.7 Å². The van der Waals surface area contributed by atoms with Crippen LogP contribution in [0.2, 0.25) is 0 Å². The van der Waals surface area contributed by atoms with Crippen LogP contribution in [-0.4, -0.2) is 24.0 Å². The van der Waals surface area contributed by atoms with E-state index in [1.165, 1.54) is 0 Å². The van der Waals surface area contributed by atoms with Gasteiger partial charge in [-0.2, -0.15) is 5.06 Å². The minimum atomic E-state index is -2.41. The topological polar surface area (TPSA) is 46.6 Å². The Hall–Kier alpha value is -3.23. The Balaban J connectivity index is 2.04. The molecule has 4 nitrogen and oxygen atoms in total. The molecular weight excluding hydrogens is 385 g/mol. The molecule has 1 amide bonds. The highest BCUT2D eigenvalue weighted by molar-refractivity contribution is 5.91. The largest absolute Gasteiger partial charge is 0.369 e. The lowest BCUT2D eigenvalue weighted by Gasteiger charge is -2.17. The molecule has 0 heterocycles. The van der Waals surface area contributed by atoms with Crippen molar-refractivity contribution in [1.82, 2.24) is 5.06 Å². The molecule has 0 aromatic heterocycles. The van der Waals surface area contributed by atoms with Gasteiger partial charge in [-0.1, -0.05) is 36.9 Å². The lowest BCUT2D eigenvalue weighted by molar-refractivity contribution is -0.161. The summed E-state index contributed by atoms with van der Waals surface area (Å²) in [5.74, 6) is -14.4. The molecule has 28 heavy (non-hydrogen) atoms. The number of hydrogen-bond donors (Lipinski definition) is 0. The summed E-state index contributed by atoms with van der Waals surface area (Å²) in [5, 5.41) is 0.360. The first kappa shape index (κ1) is 21.1. The third-order valence-corrected chi connectivity index (χ3v) is 3.81. The molecule has 0 aliphatic heterocycles. The third kappa shape index (κ3) is 4.36. The highest BCUT2D eigenvalue weighted by Gasteiger charge is 2.32. The maximum Gasteiger partial charge on any atom is 0.369 e. The Morgan fingerprint density at radius 1 is 0.893 bits per heavy atom. The van der Waals surface area contributed by atoms with Gasteiger partial charge in [-0.15, -0.1) is 0 Å². The molecular formula is C19H14F5NO3. The number of carbonyl (C=O) groups is 2. The Labute approximate surface area is 156 Å². The van der Waals surface area contributed by atoms with Crippen LogP contribution < -0.4 is 0 Å².